The number of aromatic nitrogens is 2. The number of methoxy groups -OCH3 is 1. The van der Waals surface area contributed by atoms with Gasteiger partial charge in [0, 0.05) is 44.3 Å². The normalized spacial score (nSPS) is 18.8. The fourth-order valence-electron chi connectivity index (χ4n) is 4.49. The largest absolute Gasteiger partial charge is 0.481 e. The minimum Gasteiger partial charge on any atom is -0.481 e. The summed E-state index contributed by atoms with van der Waals surface area (Å²) in [4.78, 5) is 11.5. The second-order valence-corrected chi connectivity index (χ2v) is 9.24. The molecule has 7 nitrogen and oxygen atoms in total. The number of ether oxygens (including phenoxy) is 2. The van der Waals surface area contributed by atoms with E-state index in [9.17, 15) is 0 Å². The summed E-state index contributed by atoms with van der Waals surface area (Å²) in [6, 6.07) is 12.5. The third-order valence-electron chi connectivity index (χ3n) is 6.65. The molecule has 0 atom stereocenters. The van der Waals surface area contributed by atoms with Crippen LogP contribution in [0.15, 0.2) is 36.4 Å². The number of hydrogen-bond acceptors (Lipinski definition) is 6. The van der Waals surface area contributed by atoms with E-state index in [2.05, 4.69) is 57.8 Å². The van der Waals surface area contributed by atoms with Gasteiger partial charge in [0.2, 0.25) is 11.8 Å². The Morgan fingerprint density at radius 3 is 2.59 bits per heavy atom. The lowest BCUT2D eigenvalue weighted by Gasteiger charge is -2.38. The molecular formula is C24H33N5O2S. The molecule has 172 valence electrons. The van der Waals surface area contributed by atoms with Gasteiger partial charge in [-0.25, -0.2) is 0 Å². The molecular weight excluding hydrogens is 422 g/mol. The molecule has 2 aromatic rings. The molecule has 0 saturated carbocycles. The fourth-order valence-corrected chi connectivity index (χ4v) is 4.65. The van der Waals surface area contributed by atoms with Crippen molar-refractivity contribution in [2.45, 2.75) is 38.0 Å². The molecule has 3 heterocycles. The molecule has 8 heteroatoms. The van der Waals surface area contributed by atoms with E-state index in [1.807, 2.05) is 6.07 Å². The van der Waals surface area contributed by atoms with Crippen LogP contribution < -0.4 is 20.3 Å². The highest BCUT2D eigenvalue weighted by Gasteiger charge is 2.34. The lowest BCUT2D eigenvalue weighted by Crippen LogP contribution is -2.45. The van der Waals surface area contributed by atoms with Crippen molar-refractivity contribution in [2.75, 3.05) is 50.2 Å². The van der Waals surface area contributed by atoms with Crippen molar-refractivity contribution in [1.29, 1.82) is 0 Å². The van der Waals surface area contributed by atoms with Crippen molar-refractivity contribution in [3.8, 4) is 5.88 Å². The number of benzene rings is 1. The first-order valence-corrected chi connectivity index (χ1v) is 11.8. The van der Waals surface area contributed by atoms with E-state index in [4.69, 9.17) is 26.7 Å². The van der Waals surface area contributed by atoms with Crippen LogP contribution in [-0.4, -0.2) is 55.0 Å². The number of thiocarbonyl (C=S) groups is 1. The van der Waals surface area contributed by atoms with Crippen molar-refractivity contribution in [2.24, 2.45) is 5.92 Å². The van der Waals surface area contributed by atoms with Crippen LogP contribution in [0.3, 0.4) is 0 Å². The van der Waals surface area contributed by atoms with Gasteiger partial charge in [-0.1, -0.05) is 37.3 Å². The lowest BCUT2D eigenvalue weighted by molar-refractivity contribution is 0.0515. The zero-order valence-corrected chi connectivity index (χ0v) is 19.8. The van der Waals surface area contributed by atoms with Gasteiger partial charge in [-0.2, -0.15) is 9.97 Å². The second kappa shape index (κ2) is 10.4. The molecule has 0 bridgehead atoms. The van der Waals surface area contributed by atoms with Gasteiger partial charge in [-0.05, 0) is 49.4 Å². The molecule has 0 amide bonds. The number of hydrogen-bond donors (Lipinski definition) is 2. The maximum atomic E-state index is 5.64. The Bertz CT molecular complexity index is 897. The molecule has 4 rings (SSSR count). The molecule has 2 N–H and O–H groups in total. The Hall–Kier alpha value is -2.45. The molecule has 2 saturated heterocycles. The smallest absolute Gasteiger partial charge is 0.234 e. The van der Waals surface area contributed by atoms with Gasteiger partial charge in [0.1, 0.15) is 5.82 Å². The molecule has 2 aliphatic heterocycles. The van der Waals surface area contributed by atoms with Gasteiger partial charge in [0.25, 0.3) is 0 Å². The summed E-state index contributed by atoms with van der Waals surface area (Å²) in [5.41, 5.74) is 1.31. The Balaban J connectivity index is 1.43. The van der Waals surface area contributed by atoms with Crippen LogP contribution in [0.4, 0.5) is 11.8 Å². The van der Waals surface area contributed by atoms with Crippen molar-refractivity contribution in [3.63, 3.8) is 0 Å². The number of piperidine rings is 1. The summed E-state index contributed by atoms with van der Waals surface area (Å²) in [7, 11) is 1.62. The van der Waals surface area contributed by atoms with E-state index < -0.39 is 0 Å². The van der Waals surface area contributed by atoms with E-state index in [1.165, 1.54) is 18.4 Å². The Labute approximate surface area is 195 Å². The molecule has 2 aliphatic rings. The van der Waals surface area contributed by atoms with Crippen molar-refractivity contribution < 1.29 is 9.47 Å². The van der Waals surface area contributed by atoms with Crippen LogP contribution in [0, 0.1) is 5.92 Å². The molecule has 2 fully saturated rings. The van der Waals surface area contributed by atoms with Gasteiger partial charge in [-0.15, -0.1) is 0 Å². The molecule has 1 aromatic carbocycles. The zero-order valence-electron chi connectivity index (χ0n) is 19.0. The van der Waals surface area contributed by atoms with Gasteiger partial charge in [0.15, 0.2) is 5.11 Å². The van der Waals surface area contributed by atoms with E-state index in [0.717, 1.165) is 57.4 Å². The van der Waals surface area contributed by atoms with Crippen molar-refractivity contribution in [1.82, 2.24) is 15.3 Å². The van der Waals surface area contributed by atoms with E-state index in [-0.39, 0.29) is 5.41 Å². The highest BCUT2D eigenvalue weighted by atomic mass is 32.1. The third-order valence-corrected chi connectivity index (χ3v) is 6.90. The molecule has 0 aliphatic carbocycles. The number of nitrogens with zero attached hydrogens (tertiary/aromatic N) is 3. The molecule has 0 spiro atoms. The van der Waals surface area contributed by atoms with Crippen molar-refractivity contribution in [3.05, 3.63) is 42.0 Å². The molecule has 0 unspecified atom stereocenters. The Morgan fingerprint density at radius 2 is 1.91 bits per heavy atom. The summed E-state index contributed by atoms with van der Waals surface area (Å²) >= 11 is 5.61. The monoisotopic (exact) mass is 455 g/mol. The van der Waals surface area contributed by atoms with E-state index in [0.29, 0.717) is 16.9 Å². The minimum atomic E-state index is -0.00383. The van der Waals surface area contributed by atoms with Crippen LogP contribution in [0.25, 0.3) is 0 Å². The maximum absolute atomic E-state index is 5.64. The van der Waals surface area contributed by atoms with Crippen LogP contribution in [0.5, 0.6) is 5.88 Å². The summed E-state index contributed by atoms with van der Waals surface area (Å²) in [6.07, 6.45) is 4.25. The predicted molar refractivity (Wildman–Crippen MR) is 132 cm³/mol. The van der Waals surface area contributed by atoms with Gasteiger partial charge in [0.05, 0.1) is 7.11 Å². The average molecular weight is 456 g/mol. The topological polar surface area (TPSA) is 71.5 Å². The van der Waals surface area contributed by atoms with Crippen LogP contribution in [0.2, 0.25) is 0 Å². The van der Waals surface area contributed by atoms with Crippen LogP contribution in [0.1, 0.15) is 38.2 Å². The minimum absolute atomic E-state index is 0.00383. The SMILES string of the molecule is COc1cc(N2CCC(C)CC2)nc(NC(=S)NCC2(c3ccccc3)CCOCC2)n1. The molecule has 1 aromatic heterocycles. The highest BCUT2D eigenvalue weighted by Crippen LogP contribution is 2.34. The predicted octanol–water partition coefficient (Wildman–Crippen LogP) is 3.76. The molecule has 0 radical (unpaired) electrons. The third kappa shape index (κ3) is 5.48. The van der Waals surface area contributed by atoms with Gasteiger partial charge >= 0.3 is 0 Å². The van der Waals surface area contributed by atoms with E-state index >= 15 is 0 Å². The first kappa shape index (κ1) is 22.7. The standard InChI is InChI=1S/C24H33N5O2S/c1-18-8-12-29(13-9-18)20-16-21(30-2)27-22(26-20)28-23(32)25-17-24(10-14-31-15-11-24)19-6-4-3-5-7-19/h3-7,16,18H,8-15,17H2,1-2H3,(H2,25,26,27,28,32). The number of anilines is 2. The fraction of sp³-hybridized carbons (Fsp3) is 0.542. The summed E-state index contributed by atoms with van der Waals surface area (Å²) in [6.45, 7) is 6.53. The second-order valence-electron chi connectivity index (χ2n) is 8.83. The first-order chi connectivity index (χ1) is 15.6. The van der Waals surface area contributed by atoms with E-state index in [1.54, 1.807) is 7.11 Å². The Kier molecular flexibility index (Phi) is 7.42. The maximum Gasteiger partial charge on any atom is 0.234 e. The molecule has 32 heavy (non-hydrogen) atoms. The number of rotatable bonds is 6. The quantitative estimate of drug-likeness (QED) is 0.638. The first-order valence-electron chi connectivity index (χ1n) is 11.4. The Morgan fingerprint density at radius 1 is 1.19 bits per heavy atom. The average Bonchev–Trinajstić information content (AvgIpc) is 2.84. The highest BCUT2D eigenvalue weighted by molar-refractivity contribution is 7.80. The van der Waals surface area contributed by atoms with Gasteiger partial charge in [-0.3, -0.25) is 0 Å². The zero-order chi connectivity index (χ0) is 22.4. The van der Waals surface area contributed by atoms with Gasteiger partial charge < -0.3 is 25.0 Å². The van der Waals surface area contributed by atoms with Crippen LogP contribution >= 0.6 is 12.2 Å². The lowest BCUT2D eigenvalue weighted by atomic mass is 9.74. The van der Waals surface area contributed by atoms with Crippen LogP contribution in [-0.2, 0) is 10.2 Å². The summed E-state index contributed by atoms with van der Waals surface area (Å²) < 4.78 is 11.1. The van der Waals surface area contributed by atoms with Crippen molar-refractivity contribution >= 4 is 29.1 Å². The summed E-state index contributed by atoms with van der Waals surface area (Å²) in [5, 5.41) is 7.10. The number of nitrogens with one attached hydrogen (secondary N) is 2. The summed E-state index contributed by atoms with van der Waals surface area (Å²) in [5.74, 6) is 2.62.